The number of hydrogen-bond acceptors (Lipinski definition) is 3. The summed E-state index contributed by atoms with van der Waals surface area (Å²) in [4.78, 5) is 4.16. The van der Waals surface area contributed by atoms with E-state index in [-0.39, 0.29) is 5.75 Å². The fourth-order valence-electron chi connectivity index (χ4n) is 1.78. The number of nitrogens with two attached hydrogens (primary N) is 1. The van der Waals surface area contributed by atoms with Gasteiger partial charge in [0.15, 0.2) is 11.6 Å². The average molecular weight is 315 g/mol. The molecule has 0 spiro atoms. The molecule has 0 aliphatic carbocycles. The molecule has 0 aliphatic heterocycles. The van der Waals surface area contributed by atoms with Crippen LogP contribution < -0.4 is 10.5 Å². The molecule has 0 fully saturated rings. The number of nitrogen functional groups attached to an aromatic ring is 1. The molecule has 0 aliphatic rings. The van der Waals surface area contributed by atoms with Crippen LogP contribution >= 0.6 is 23.2 Å². The zero-order valence-electron chi connectivity index (χ0n) is 11.0. The van der Waals surface area contributed by atoms with E-state index in [0.717, 1.165) is 0 Å². The molecule has 0 radical (unpaired) electrons. The van der Waals surface area contributed by atoms with Crippen LogP contribution in [0.1, 0.15) is 19.5 Å². The van der Waals surface area contributed by atoms with E-state index in [1.54, 1.807) is 26.0 Å². The molecule has 2 rings (SSSR count). The lowest BCUT2D eigenvalue weighted by Crippen LogP contribution is -2.27. The number of nitrogens with zero attached hydrogens (tertiary/aromatic N) is 1. The molecule has 0 amide bonds. The van der Waals surface area contributed by atoms with Gasteiger partial charge in [-0.1, -0.05) is 23.2 Å². The molecule has 3 nitrogen and oxygen atoms in total. The highest BCUT2D eigenvalue weighted by Crippen LogP contribution is 2.33. The van der Waals surface area contributed by atoms with Gasteiger partial charge in [0.1, 0.15) is 11.3 Å². The first-order valence-electron chi connectivity index (χ1n) is 5.85. The molecule has 1 aromatic carbocycles. The van der Waals surface area contributed by atoms with Gasteiger partial charge < -0.3 is 10.5 Å². The van der Waals surface area contributed by atoms with Gasteiger partial charge in [0.05, 0.1) is 10.0 Å². The van der Waals surface area contributed by atoms with E-state index in [1.807, 2.05) is 0 Å². The monoisotopic (exact) mass is 314 g/mol. The van der Waals surface area contributed by atoms with Gasteiger partial charge in [0, 0.05) is 18.0 Å². The van der Waals surface area contributed by atoms with Gasteiger partial charge in [-0.25, -0.2) is 4.39 Å². The van der Waals surface area contributed by atoms with Crippen LogP contribution in [0.15, 0.2) is 30.5 Å². The number of pyridine rings is 1. The van der Waals surface area contributed by atoms with Gasteiger partial charge in [-0.15, -0.1) is 0 Å². The third-order valence-electron chi connectivity index (χ3n) is 2.70. The topological polar surface area (TPSA) is 48.1 Å². The molecule has 1 aromatic heterocycles. The number of anilines is 1. The van der Waals surface area contributed by atoms with Crippen LogP contribution in [0.5, 0.6) is 5.75 Å². The predicted molar refractivity (Wildman–Crippen MR) is 78.7 cm³/mol. The van der Waals surface area contributed by atoms with Crippen LogP contribution in [-0.2, 0) is 5.60 Å². The van der Waals surface area contributed by atoms with E-state index in [2.05, 4.69) is 4.98 Å². The molecule has 0 unspecified atom stereocenters. The maximum Gasteiger partial charge on any atom is 0.167 e. The number of hydrogen-bond donors (Lipinski definition) is 1. The Morgan fingerprint density at radius 3 is 2.55 bits per heavy atom. The molecule has 106 valence electrons. The Morgan fingerprint density at radius 1 is 1.25 bits per heavy atom. The first kappa shape index (κ1) is 14.9. The summed E-state index contributed by atoms with van der Waals surface area (Å²) in [6.45, 7) is 3.48. The van der Waals surface area contributed by atoms with Crippen molar-refractivity contribution < 1.29 is 9.13 Å². The van der Waals surface area contributed by atoms with Gasteiger partial charge in [0.25, 0.3) is 0 Å². The third-order valence-corrected chi connectivity index (χ3v) is 3.19. The van der Waals surface area contributed by atoms with E-state index >= 15 is 0 Å². The molecule has 0 bridgehead atoms. The van der Waals surface area contributed by atoms with E-state index in [9.17, 15) is 4.39 Å². The Kier molecular flexibility index (Phi) is 4.06. The van der Waals surface area contributed by atoms with Crippen molar-refractivity contribution in [2.24, 2.45) is 0 Å². The summed E-state index contributed by atoms with van der Waals surface area (Å²) in [6.07, 6.45) is 1.47. The largest absolute Gasteiger partial charge is 0.478 e. The molecule has 6 heteroatoms. The maximum atomic E-state index is 13.8. The Bertz CT molecular complexity index is 647. The standard InChI is InChI=1S/C14H13Cl2FN2O/c1-14(2,13-10(16)5-8(15)7-19-13)20-12-4-3-9(18)6-11(12)17/h3-7H,18H2,1-2H3. The normalized spacial score (nSPS) is 11.4. The molecule has 1 heterocycles. The van der Waals surface area contributed by atoms with E-state index < -0.39 is 11.4 Å². The SMILES string of the molecule is CC(C)(Oc1ccc(N)cc1F)c1ncc(Cl)cc1Cl. The molecule has 2 N–H and O–H groups in total. The number of aromatic nitrogens is 1. The van der Waals surface area contributed by atoms with Crippen molar-refractivity contribution in [2.45, 2.75) is 19.4 Å². The number of halogens is 3. The molecular weight excluding hydrogens is 302 g/mol. The van der Waals surface area contributed by atoms with Crippen LogP contribution in [0.2, 0.25) is 10.0 Å². The van der Waals surface area contributed by atoms with E-state index in [0.29, 0.717) is 21.4 Å². The average Bonchev–Trinajstić information content (AvgIpc) is 2.32. The fourth-order valence-corrected chi connectivity index (χ4v) is 2.39. The summed E-state index contributed by atoms with van der Waals surface area (Å²) in [6, 6.07) is 5.79. The third kappa shape index (κ3) is 3.14. The van der Waals surface area contributed by atoms with Crippen molar-refractivity contribution in [3.8, 4) is 5.75 Å². The predicted octanol–water partition coefficient (Wildman–Crippen LogP) is 4.42. The fraction of sp³-hybridized carbons (Fsp3) is 0.214. The van der Waals surface area contributed by atoms with Gasteiger partial charge >= 0.3 is 0 Å². The Hall–Kier alpha value is -1.52. The second-order valence-corrected chi connectivity index (χ2v) is 5.63. The smallest absolute Gasteiger partial charge is 0.167 e. The minimum absolute atomic E-state index is 0.0806. The number of benzene rings is 1. The quantitative estimate of drug-likeness (QED) is 0.853. The van der Waals surface area contributed by atoms with Crippen LogP contribution in [0.4, 0.5) is 10.1 Å². The molecular formula is C14H13Cl2FN2O. The zero-order chi connectivity index (χ0) is 14.9. The Labute approximate surface area is 126 Å². The van der Waals surface area contributed by atoms with Crippen molar-refractivity contribution in [2.75, 3.05) is 5.73 Å². The van der Waals surface area contributed by atoms with Gasteiger partial charge in [0.2, 0.25) is 0 Å². The minimum atomic E-state index is -0.918. The van der Waals surface area contributed by atoms with Crippen molar-refractivity contribution in [1.29, 1.82) is 0 Å². The second-order valence-electron chi connectivity index (χ2n) is 4.79. The molecule has 0 saturated carbocycles. The lowest BCUT2D eigenvalue weighted by atomic mass is 10.0. The van der Waals surface area contributed by atoms with Crippen LogP contribution in [0.3, 0.4) is 0 Å². The van der Waals surface area contributed by atoms with Crippen molar-refractivity contribution in [3.05, 3.63) is 52.0 Å². The lowest BCUT2D eigenvalue weighted by molar-refractivity contribution is 0.0980. The van der Waals surface area contributed by atoms with Crippen LogP contribution in [-0.4, -0.2) is 4.98 Å². The first-order valence-corrected chi connectivity index (χ1v) is 6.61. The summed E-state index contributed by atoms with van der Waals surface area (Å²) in [5, 5.41) is 0.784. The highest BCUT2D eigenvalue weighted by molar-refractivity contribution is 6.34. The molecule has 2 aromatic rings. The zero-order valence-corrected chi connectivity index (χ0v) is 12.5. The lowest BCUT2D eigenvalue weighted by Gasteiger charge is -2.27. The number of ether oxygens (including phenoxy) is 1. The van der Waals surface area contributed by atoms with E-state index in [4.69, 9.17) is 33.7 Å². The molecule has 20 heavy (non-hydrogen) atoms. The first-order chi connectivity index (χ1) is 9.29. The van der Waals surface area contributed by atoms with E-state index in [1.165, 1.54) is 18.3 Å². The van der Waals surface area contributed by atoms with Crippen molar-refractivity contribution in [1.82, 2.24) is 4.98 Å². The van der Waals surface area contributed by atoms with Crippen LogP contribution in [0.25, 0.3) is 0 Å². The summed E-state index contributed by atoms with van der Waals surface area (Å²) >= 11 is 11.9. The molecule has 0 atom stereocenters. The van der Waals surface area contributed by atoms with Crippen LogP contribution in [0, 0.1) is 5.82 Å². The highest BCUT2D eigenvalue weighted by Gasteiger charge is 2.28. The van der Waals surface area contributed by atoms with Gasteiger partial charge in [-0.2, -0.15) is 0 Å². The minimum Gasteiger partial charge on any atom is -0.478 e. The van der Waals surface area contributed by atoms with Gasteiger partial charge in [-0.05, 0) is 32.0 Å². The highest BCUT2D eigenvalue weighted by atomic mass is 35.5. The van der Waals surface area contributed by atoms with Crippen molar-refractivity contribution >= 4 is 28.9 Å². The van der Waals surface area contributed by atoms with Crippen molar-refractivity contribution in [3.63, 3.8) is 0 Å². The summed E-state index contributed by atoms with van der Waals surface area (Å²) in [5.74, 6) is -0.458. The molecule has 0 saturated heterocycles. The second kappa shape index (κ2) is 5.46. The Morgan fingerprint density at radius 2 is 1.95 bits per heavy atom. The summed E-state index contributed by atoms with van der Waals surface area (Å²) < 4.78 is 19.5. The summed E-state index contributed by atoms with van der Waals surface area (Å²) in [7, 11) is 0. The Balaban J connectivity index is 2.35. The van der Waals surface area contributed by atoms with Gasteiger partial charge in [-0.3, -0.25) is 4.98 Å². The number of rotatable bonds is 3. The summed E-state index contributed by atoms with van der Waals surface area (Å²) in [5.41, 5.74) is 5.38. The maximum absolute atomic E-state index is 13.8.